The number of benzene rings is 12. The first kappa shape index (κ1) is 80.5. The van der Waals surface area contributed by atoms with Gasteiger partial charge in [-0.15, -0.1) is 36.5 Å². The molecule has 8 aromatic heterocycles. The predicted octanol–water partition coefficient (Wildman–Crippen LogP) is 20.2. The molecule has 0 N–H and O–H groups in total. The monoisotopic (exact) mass is 1850 g/mol. The number of nitrogens with zero attached hydrogens (tertiary/aromatic N) is 8. The van der Waals surface area contributed by atoms with Crippen molar-refractivity contribution >= 4 is 0 Å². The van der Waals surface area contributed by atoms with Gasteiger partial charge in [-0.3, -0.25) is 0 Å². The molecule has 16 aliphatic rings. The van der Waals surface area contributed by atoms with Gasteiger partial charge in [-0.2, -0.15) is 0 Å². The van der Waals surface area contributed by atoms with E-state index in [-0.39, 0.29) is 22.7 Å². The molecule has 0 bridgehead atoms. The number of rotatable bonds is 0. The molecule has 4 atom stereocenters. The van der Waals surface area contributed by atoms with Crippen LogP contribution in [0.1, 0.15) is 224 Å². The molecule has 36 rings (SSSR count). The fourth-order valence-electron chi connectivity index (χ4n) is 31.7. The van der Waals surface area contributed by atoms with E-state index in [1.807, 2.05) is 0 Å². The van der Waals surface area contributed by atoms with Gasteiger partial charge < -0.3 is 0 Å². The van der Waals surface area contributed by atoms with Crippen molar-refractivity contribution in [2.24, 2.45) is 0 Å². The zero-order chi connectivity index (χ0) is 93.7. The quantitative estimate of drug-likeness (QED) is 0.136. The minimum atomic E-state index is -0.289. The van der Waals surface area contributed by atoms with Gasteiger partial charge in [0.25, 0.3) is 0 Å². The molecule has 20 heterocycles. The van der Waals surface area contributed by atoms with Crippen molar-refractivity contribution in [3.8, 4) is 44.5 Å². The van der Waals surface area contributed by atoms with Crippen molar-refractivity contribution in [1.82, 2.24) is 0 Å². The van der Waals surface area contributed by atoms with Crippen molar-refractivity contribution < 1.29 is 36.5 Å². The lowest BCUT2D eigenvalue weighted by Crippen LogP contribution is -2.80. The lowest BCUT2D eigenvalue weighted by atomic mass is 9.74. The SMILES string of the molecule is c1ccc2c(c1)Cc1cccc3[n+]1C1(C2)c2c(cc4c(c2C3)-c2ccccc2C4)Cc2cccc[n+]21.c1ccc2c(c1)Cc1cccc3[n+]1C1(C2)c2c(cc4c(c2C3)Cc2ccccc2-4)Cc2cccc[n+]21.c1ccc2c(c1)Cc1cccc3[n+]1C1(C2)c2c(cc4c(c2Cc2cccc[n+]21)-c1ccccc1C4)C3.c1ccc2c(c1)Cc1cccc3[n+]1C1(C2)c2c(cc4c(c2Cc2cccc[n+]21)Cc1ccccc1-4)C3. The Kier molecular flexibility index (Phi) is 16.6. The first-order valence-corrected chi connectivity index (χ1v) is 52.7. The van der Waals surface area contributed by atoms with Crippen molar-refractivity contribution in [2.45, 2.75) is 151 Å². The van der Waals surface area contributed by atoms with Crippen LogP contribution >= 0.6 is 0 Å². The Labute approximate surface area is 839 Å². The molecular formula is C136H104N8+8. The highest BCUT2D eigenvalue weighted by Gasteiger charge is 2.69. The van der Waals surface area contributed by atoms with E-state index in [9.17, 15) is 0 Å². The topological polar surface area (TPSA) is 31.0 Å². The van der Waals surface area contributed by atoms with Crippen LogP contribution in [0.3, 0.4) is 0 Å². The summed E-state index contributed by atoms with van der Waals surface area (Å²) in [6.45, 7) is 0. The Hall–Kier alpha value is -16.2. The average molecular weight is 1850 g/mol. The van der Waals surface area contributed by atoms with Gasteiger partial charge in [-0.05, 0) is 240 Å². The molecule has 8 nitrogen and oxygen atoms in total. The number of aromatic nitrogens is 8. The maximum absolute atomic E-state index is 2.73. The van der Waals surface area contributed by atoms with Gasteiger partial charge in [-0.25, -0.2) is 0 Å². The Morgan fingerprint density at radius 2 is 0.361 bits per heavy atom. The minimum absolute atomic E-state index is 0.278. The Bertz CT molecular complexity index is 8870. The van der Waals surface area contributed by atoms with Gasteiger partial charge in [0.2, 0.25) is 0 Å². The summed E-state index contributed by atoms with van der Waals surface area (Å²) in [4.78, 5) is 0. The lowest BCUT2D eigenvalue weighted by Gasteiger charge is -2.36. The highest BCUT2D eigenvalue weighted by molar-refractivity contribution is 5.86. The molecule has 12 aromatic carbocycles. The summed E-state index contributed by atoms with van der Waals surface area (Å²) in [7, 11) is 0. The summed E-state index contributed by atoms with van der Waals surface area (Å²) in [6.07, 6.45) is 29.4. The first-order chi connectivity index (χ1) is 71.2. The van der Waals surface area contributed by atoms with Crippen LogP contribution in [0.4, 0.5) is 0 Å². The molecule has 4 unspecified atom stereocenters. The van der Waals surface area contributed by atoms with E-state index in [0.29, 0.717) is 0 Å². The molecular weight excluding hydrogens is 1750 g/mol. The lowest BCUT2D eigenvalue weighted by molar-refractivity contribution is -0.992. The fourth-order valence-corrected chi connectivity index (χ4v) is 31.7. The second kappa shape index (κ2) is 29.7. The molecule has 144 heavy (non-hydrogen) atoms. The van der Waals surface area contributed by atoms with E-state index < -0.39 is 0 Å². The van der Waals surface area contributed by atoms with E-state index in [0.717, 1.165) is 128 Å². The average Bonchev–Trinajstić information content (AvgIpc) is 1.08. The van der Waals surface area contributed by atoms with E-state index in [1.165, 1.54) is 213 Å². The zero-order valence-electron chi connectivity index (χ0n) is 80.7. The Balaban J connectivity index is 0.0000000844. The predicted molar refractivity (Wildman–Crippen MR) is 556 cm³/mol. The molecule has 20 aromatic rings. The van der Waals surface area contributed by atoms with Gasteiger partial charge in [0, 0.05) is 97.1 Å². The van der Waals surface area contributed by atoms with Gasteiger partial charge >= 0.3 is 22.7 Å². The zero-order valence-corrected chi connectivity index (χ0v) is 80.7. The van der Waals surface area contributed by atoms with Crippen LogP contribution in [0.5, 0.6) is 0 Å². The summed E-state index contributed by atoms with van der Waals surface area (Å²) < 4.78 is 21.4. The highest BCUT2D eigenvalue weighted by atomic mass is 15.3. The van der Waals surface area contributed by atoms with E-state index in [2.05, 4.69) is 425 Å². The van der Waals surface area contributed by atoms with E-state index in [4.69, 9.17) is 0 Å². The van der Waals surface area contributed by atoms with E-state index in [1.54, 1.807) is 55.6 Å². The molecule has 0 saturated heterocycles. The van der Waals surface area contributed by atoms with Crippen LogP contribution in [0.15, 0.2) is 389 Å². The molecule has 0 radical (unpaired) electrons. The molecule has 0 amide bonds. The summed E-state index contributed by atoms with van der Waals surface area (Å²) in [5.41, 5.74) is 70.0. The molecule has 4 aliphatic carbocycles. The third-order valence-electron chi connectivity index (χ3n) is 36.8. The molecule has 12 aliphatic heterocycles. The minimum Gasteiger partial charge on any atom is -0.134 e. The van der Waals surface area contributed by atoms with Crippen molar-refractivity contribution in [3.63, 3.8) is 0 Å². The van der Waals surface area contributed by atoms with E-state index >= 15 is 0 Å². The van der Waals surface area contributed by atoms with Crippen LogP contribution in [0, 0.1) is 0 Å². The van der Waals surface area contributed by atoms with Crippen molar-refractivity contribution in [2.75, 3.05) is 0 Å². The molecule has 680 valence electrons. The van der Waals surface area contributed by atoms with Crippen molar-refractivity contribution in [3.05, 3.63) is 613 Å². The first-order valence-electron chi connectivity index (χ1n) is 52.7. The molecule has 0 saturated carbocycles. The van der Waals surface area contributed by atoms with Gasteiger partial charge in [0.1, 0.15) is 47.9 Å². The highest BCUT2D eigenvalue weighted by Crippen LogP contribution is 2.56. The second-order valence-electron chi connectivity index (χ2n) is 43.8. The molecule has 0 fully saturated rings. The number of pyridine rings is 8. The summed E-state index contributed by atoms with van der Waals surface area (Å²) in [5, 5.41) is 0. The standard InChI is InChI=1S/4C34H26N2/c1-2-10-24-21-34-33-26(19-29-13-7-12-28(36(29)34)18-22(24)8-1)17-25-16-23-9-3-4-14-30(23)32(25)31(33)20-27-11-5-6-15-35(27)34;1-2-10-24-21-34-33-26(19-27-11-5-6-15-35(27)34)17-25-16-23-9-3-4-14-30(23)32(25)31(33)20-29-13-7-12-28(36(29)34)18-22(24)8-1;1-2-10-24-21-34-33-25(17-28-13-7-12-27(36(28)34)16-22(24)8-1)19-30-29-14-4-3-9-23(29)18-31(30)32(33)20-26-11-5-6-15-35(26)34;1-2-10-24-21-34-33-25(17-26-11-5-6-15-35(26)34)19-30-29-14-4-3-9-23(29)18-31(30)32(33)20-28-13-7-12-27(36(28)34)16-22(24)8-1/h2*1-15,17H,16,18-21H2;2*1-15,19H,16-18,20-21H2/q4*+2. The number of fused-ring (bicyclic) bond motifs is 24. The smallest absolute Gasteiger partial charge is 0.134 e. The Morgan fingerprint density at radius 3 is 0.694 bits per heavy atom. The van der Waals surface area contributed by atoms with Gasteiger partial charge in [0.05, 0.1) is 77.0 Å². The fraction of sp³-hybridized carbons (Fsp3) is 0.176. The second-order valence-corrected chi connectivity index (χ2v) is 43.8. The maximum atomic E-state index is 2.73. The van der Waals surface area contributed by atoms with Crippen LogP contribution in [0.2, 0.25) is 0 Å². The van der Waals surface area contributed by atoms with Crippen LogP contribution in [0.25, 0.3) is 44.5 Å². The van der Waals surface area contributed by atoms with Gasteiger partial charge in [0.15, 0.2) is 93.1 Å². The maximum Gasteiger partial charge on any atom is 0.393 e. The Morgan fingerprint density at radius 1 is 0.139 bits per heavy atom. The summed E-state index contributed by atoms with van der Waals surface area (Å²) >= 11 is 0. The number of hydrogen-bond acceptors (Lipinski definition) is 0. The largest absolute Gasteiger partial charge is 0.393 e. The normalized spacial score (nSPS) is 19.2. The molecule has 4 spiro atoms. The number of hydrogen-bond donors (Lipinski definition) is 0. The van der Waals surface area contributed by atoms with Gasteiger partial charge in [-0.1, -0.05) is 231 Å². The third-order valence-corrected chi connectivity index (χ3v) is 36.8. The van der Waals surface area contributed by atoms with Crippen molar-refractivity contribution in [1.29, 1.82) is 0 Å². The van der Waals surface area contributed by atoms with Crippen LogP contribution in [-0.4, -0.2) is 0 Å². The summed E-state index contributed by atoms with van der Waals surface area (Å²) in [6, 6.07) is 138. The van der Waals surface area contributed by atoms with Crippen LogP contribution in [-0.2, 0) is 151 Å². The third kappa shape index (κ3) is 10.9. The molecule has 8 heteroatoms. The summed E-state index contributed by atoms with van der Waals surface area (Å²) in [5.74, 6) is 0. The van der Waals surface area contributed by atoms with Crippen LogP contribution < -0.4 is 36.5 Å².